The van der Waals surface area contributed by atoms with Crippen molar-refractivity contribution in [1.29, 1.82) is 0 Å². The minimum absolute atomic E-state index is 0.674. The molecule has 1 aliphatic heterocycles. The third-order valence-corrected chi connectivity index (χ3v) is 6.06. The Labute approximate surface area is 130 Å². The molecule has 1 aromatic heterocycles. The zero-order chi connectivity index (χ0) is 14.2. The molecule has 3 nitrogen and oxygen atoms in total. The topological polar surface area (TPSA) is 42.1 Å². The third kappa shape index (κ3) is 2.67. The molecule has 1 saturated heterocycles. The van der Waals surface area contributed by atoms with E-state index in [0.717, 1.165) is 24.0 Å². The molecule has 1 saturated carbocycles. The number of rotatable bonds is 2. The summed E-state index contributed by atoms with van der Waals surface area (Å²) >= 11 is 1.60. The van der Waals surface area contributed by atoms with Gasteiger partial charge in [0.2, 0.25) is 0 Å². The van der Waals surface area contributed by atoms with Gasteiger partial charge >= 0.3 is 0 Å². The molecule has 2 unspecified atom stereocenters. The van der Waals surface area contributed by atoms with Gasteiger partial charge in [-0.05, 0) is 55.8 Å². The molecule has 4 rings (SSSR count). The second-order valence-corrected chi connectivity index (χ2v) is 7.64. The number of fused-ring (bicyclic) bond motifs is 2. The Morgan fingerprint density at radius 2 is 2.05 bits per heavy atom. The molecule has 0 spiro atoms. The molecule has 2 atom stereocenters. The summed E-state index contributed by atoms with van der Waals surface area (Å²) in [5, 5.41) is 0.674. The van der Waals surface area contributed by atoms with Gasteiger partial charge in [-0.1, -0.05) is 30.2 Å². The first kappa shape index (κ1) is 13.5. The van der Waals surface area contributed by atoms with Crippen LogP contribution in [-0.4, -0.2) is 22.5 Å². The van der Waals surface area contributed by atoms with Crippen LogP contribution >= 0.6 is 11.3 Å². The average molecular weight is 301 g/mol. The van der Waals surface area contributed by atoms with Crippen LogP contribution in [0.3, 0.4) is 0 Å². The Morgan fingerprint density at radius 3 is 3.00 bits per heavy atom. The summed E-state index contributed by atoms with van der Waals surface area (Å²) in [7, 11) is 0. The number of hydrogen-bond donors (Lipinski definition) is 1. The van der Waals surface area contributed by atoms with Crippen molar-refractivity contribution in [2.45, 2.75) is 51.1 Å². The van der Waals surface area contributed by atoms with Crippen LogP contribution in [0.5, 0.6) is 0 Å². The molecule has 2 heterocycles. The second-order valence-electron chi connectivity index (χ2n) is 6.58. The van der Waals surface area contributed by atoms with Gasteiger partial charge in [0.1, 0.15) is 0 Å². The fraction of sp³-hybridized carbons (Fsp3) is 0.588. The molecule has 4 heteroatoms. The van der Waals surface area contributed by atoms with E-state index in [1.807, 2.05) is 0 Å². The molecule has 0 radical (unpaired) electrons. The van der Waals surface area contributed by atoms with Crippen LogP contribution in [0, 0.1) is 5.92 Å². The second kappa shape index (κ2) is 5.58. The predicted octanol–water partition coefficient (Wildman–Crippen LogP) is 4.03. The van der Waals surface area contributed by atoms with Crippen molar-refractivity contribution in [3.8, 4) is 0 Å². The molecule has 1 aromatic carbocycles. The molecule has 2 aromatic rings. The van der Waals surface area contributed by atoms with Crippen LogP contribution < -0.4 is 5.73 Å². The minimum atomic E-state index is 0.674. The normalized spacial score (nSPS) is 26.9. The lowest BCUT2D eigenvalue weighted by Crippen LogP contribution is -2.46. The van der Waals surface area contributed by atoms with E-state index in [-0.39, 0.29) is 0 Å². The Hall–Kier alpha value is -1.13. The number of hydrogen-bond acceptors (Lipinski definition) is 4. The number of piperidine rings is 1. The van der Waals surface area contributed by atoms with Gasteiger partial charge in [-0.2, -0.15) is 0 Å². The van der Waals surface area contributed by atoms with E-state index >= 15 is 0 Å². The lowest BCUT2D eigenvalue weighted by atomic mass is 9.78. The van der Waals surface area contributed by atoms with Crippen molar-refractivity contribution in [1.82, 2.24) is 9.88 Å². The van der Waals surface area contributed by atoms with Gasteiger partial charge < -0.3 is 5.73 Å². The monoisotopic (exact) mass is 301 g/mol. The van der Waals surface area contributed by atoms with Gasteiger partial charge in [0.15, 0.2) is 5.13 Å². The Bertz CT molecular complexity index is 634. The van der Waals surface area contributed by atoms with Crippen molar-refractivity contribution < 1.29 is 0 Å². The standard InChI is InChI=1S/C17H23N3S/c18-17-19-14-8-7-12(10-16(14)21-17)11-20-9-3-5-13-4-1-2-6-15(13)20/h7-8,10,13,15H,1-6,9,11H2,(H2,18,19). The summed E-state index contributed by atoms with van der Waals surface area (Å²) in [4.78, 5) is 7.08. The lowest BCUT2D eigenvalue weighted by molar-refractivity contribution is 0.0547. The first-order valence-corrected chi connectivity index (χ1v) is 9.00. The van der Waals surface area contributed by atoms with Gasteiger partial charge in [-0.3, -0.25) is 4.90 Å². The van der Waals surface area contributed by atoms with Crippen molar-refractivity contribution in [2.24, 2.45) is 5.92 Å². The zero-order valence-corrected chi connectivity index (χ0v) is 13.2. The van der Waals surface area contributed by atoms with E-state index < -0.39 is 0 Å². The van der Waals surface area contributed by atoms with Crippen LogP contribution in [-0.2, 0) is 6.54 Å². The maximum atomic E-state index is 5.81. The highest BCUT2D eigenvalue weighted by molar-refractivity contribution is 7.22. The number of nitrogens with zero attached hydrogens (tertiary/aromatic N) is 2. The van der Waals surface area contributed by atoms with Crippen LogP contribution in [0.15, 0.2) is 18.2 Å². The summed E-state index contributed by atoms with van der Waals surface area (Å²) in [5.74, 6) is 0.954. The van der Waals surface area contributed by atoms with E-state index in [2.05, 4.69) is 28.1 Å². The third-order valence-electron chi connectivity index (χ3n) is 5.21. The number of nitrogens with two attached hydrogens (primary N) is 1. The molecular weight excluding hydrogens is 278 g/mol. The van der Waals surface area contributed by atoms with Crippen LogP contribution in [0.25, 0.3) is 10.2 Å². The van der Waals surface area contributed by atoms with Gasteiger partial charge in [-0.15, -0.1) is 0 Å². The number of anilines is 1. The molecule has 112 valence electrons. The Morgan fingerprint density at radius 1 is 1.19 bits per heavy atom. The van der Waals surface area contributed by atoms with Crippen molar-refractivity contribution in [2.75, 3.05) is 12.3 Å². The van der Waals surface area contributed by atoms with E-state index in [1.165, 1.54) is 55.3 Å². The van der Waals surface area contributed by atoms with Gasteiger partial charge in [0.05, 0.1) is 10.2 Å². The molecule has 2 fully saturated rings. The number of likely N-dealkylation sites (tertiary alicyclic amines) is 1. The van der Waals surface area contributed by atoms with Crippen molar-refractivity contribution in [3.63, 3.8) is 0 Å². The van der Waals surface area contributed by atoms with E-state index in [0.29, 0.717) is 5.13 Å². The number of benzene rings is 1. The highest BCUT2D eigenvalue weighted by atomic mass is 32.1. The zero-order valence-electron chi connectivity index (χ0n) is 12.4. The van der Waals surface area contributed by atoms with Gasteiger partial charge in [0.25, 0.3) is 0 Å². The quantitative estimate of drug-likeness (QED) is 0.910. The molecule has 1 aliphatic carbocycles. The minimum Gasteiger partial charge on any atom is -0.375 e. The fourth-order valence-electron chi connectivity index (χ4n) is 4.24. The van der Waals surface area contributed by atoms with Crippen LogP contribution in [0.4, 0.5) is 5.13 Å². The molecular formula is C17H23N3S. The number of nitrogen functional groups attached to an aromatic ring is 1. The Balaban J connectivity index is 1.55. The molecule has 2 N–H and O–H groups in total. The van der Waals surface area contributed by atoms with E-state index in [1.54, 1.807) is 11.3 Å². The van der Waals surface area contributed by atoms with E-state index in [4.69, 9.17) is 5.73 Å². The van der Waals surface area contributed by atoms with Gasteiger partial charge in [-0.25, -0.2) is 4.98 Å². The van der Waals surface area contributed by atoms with E-state index in [9.17, 15) is 0 Å². The summed E-state index contributed by atoms with van der Waals surface area (Å²) in [5.41, 5.74) is 8.26. The summed E-state index contributed by atoms with van der Waals surface area (Å²) in [6.07, 6.45) is 8.54. The van der Waals surface area contributed by atoms with Crippen LogP contribution in [0.2, 0.25) is 0 Å². The smallest absolute Gasteiger partial charge is 0.181 e. The lowest BCUT2D eigenvalue weighted by Gasteiger charge is -2.44. The summed E-state index contributed by atoms with van der Waals surface area (Å²) < 4.78 is 1.22. The molecule has 2 aliphatic rings. The molecule has 0 bridgehead atoms. The first-order valence-electron chi connectivity index (χ1n) is 8.18. The van der Waals surface area contributed by atoms with Crippen molar-refractivity contribution in [3.05, 3.63) is 23.8 Å². The van der Waals surface area contributed by atoms with Gasteiger partial charge in [0, 0.05) is 12.6 Å². The highest BCUT2D eigenvalue weighted by Gasteiger charge is 2.32. The number of thiazole rings is 1. The van der Waals surface area contributed by atoms with Crippen LogP contribution in [0.1, 0.15) is 44.1 Å². The molecule has 21 heavy (non-hydrogen) atoms. The highest BCUT2D eigenvalue weighted by Crippen LogP contribution is 2.36. The Kier molecular flexibility index (Phi) is 3.59. The maximum Gasteiger partial charge on any atom is 0.181 e. The first-order chi connectivity index (χ1) is 10.3. The predicted molar refractivity (Wildman–Crippen MR) is 89.4 cm³/mol. The summed E-state index contributed by atoms with van der Waals surface area (Å²) in [6.45, 7) is 2.36. The SMILES string of the molecule is Nc1nc2ccc(CN3CCCC4CCCCC43)cc2s1. The largest absolute Gasteiger partial charge is 0.375 e. The number of aromatic nitrogens is 1. The van der Waals surface area contributed by atoms with Crippen molar-refractivity contribution >= 4 is 26.7 Å². The molecule has 0 amide bonds. The fourth-order valence-corrected chi connectivity index (χ4v) is 5.04. The average Bonchev–Trinajstić information content (AvgIpc) is 2.87. The maximum absolute atomic E-state index is 5.81. The summed E-state index contributed by atoms with van der Waals surface area (Å²) in [6, 6.07) is 7.47.